The minimum absolute atomic E-state index is 0.0253. The van der Waals surface area contributed by atoms with Crippen molar-refractivity contribution in [2.24, 2.45) is 5.92 Å². The molecule has 1 aliphatic carbocycles. The van der Waals surface area contributed by atoms with Crippen LogP contribution < -0.4 is 5.32 Å². The predicted molar refractivity (Wildman–Crippen MR) is 95.0 cm³/mol. The van der Waals surface area contributed by atoms with E-state index in [1.807, 2.05) is 19.9 Å². The molecule has 0 bridgehead atoms. The van der Waals surface area contributed by atoms with Crippen molar-refractivity contribution in [2.75, 3.05) is 13.2 Å². The van der Waals surface area contributed by atoms with E-state index in [-0.39, 0.29) is 17.6 Å². The molecule has 1 N–H and O–H groups in total. The van der Waals surface area contributed by atoms with E-state index in [2.05, 4.69) is 5.32 Å². The monoisotopic (exact) mass is 378 g/mol. The number of thiophene rings is 1. The fraction of sp³-hybridized carbons (Fsp3) is 0.556. The molecule has 2 aliphatic rings. The van der Waals surface area contributed by atoms with Crippen molar-refractivity contribution in [1.82, 2.24) is 10.2 Å². The molecule has 7 nitrogen and oxygen atoms in total. The lowest BCUT2D eigenvalue weighted by Gasteiger charge is -2.36. The second-order valence-corrected chi connectivity index (χ2v) is 8.22. The lowest BCUT2D eigenvalue weighted by atomic mass is 9.73. The van der Waals surface area contributed by atoms with Crippen molar-refractivity contribution < 1.29 is 23.9 Å². The van der Waals surface area contributed by atoms with Gasteiger partial charge in [-0.15, -0.1) is 11.3 Å². The zero-order valence-electron chi connectivity index (χ0n) is 14.9. The molecule has 2 fully saturated rings. The Labute approximate surface area is 155 Å². The highest BCUT2D eigenvalue weighted by atomic mass is 32.1. The van der Waals surface area contributed by atoms with Crippen LogP contribution in [-0.4, -0.2) is 47.3 Å². The minimum Gasteiger partial charge on any atom is -0.456 e. The van der Waals surface area contributed by atoms with Crippen LogP contribution in [0.5, 0.6) is 0 Å². The summed E-state index contributed by atoms with van der Waals surface area (Å²) < 4.78 is 4.97. The molecule has 1 aromatic heterocycles. The summed E-state index contributed by atoms with van der Waals surface area (Å²) in [5.41, 5.74) is -0.903. The summed E-state index contributed by atoms with van der Waals surface area (Å²) in [4.78, 5) is 51.4. The Kier molecular flexibility index (Phi) is 5.13. The molecule has 1 saturated heterocycles. The summed E-state index contributed by atoms with van der Waals surface area (Å²) >= 11 is 1.33. The van der Waals surface area contributed by atoms with Gasteiger partial charge >= 0.3 is 12.0 Å². The molecule has 0 aromatic carbocycles. The number of nitrogens with zero attached hydrogens (tertiary/aromatic N) is 1. The van der Waals surface area contributed by atoms with Crippen molar-refractivity contribution in [3.63, 3.8) is 0 Å². The smallest absolute Gasteiger partial charge is 0.326 e. The molecule has 2 heterocycles. The van der Waals surface area contributed by atoms with Gasteiger partial charge in [0.2, 0.25) is 5.78 Å². The number of ether oxygens (including phenoxy) is 1. The number of carbonyl (C=O) groups is 4. The van der Waals surface area contributed by atoms with Crippen LogP contribution in [0.2, 0.25) is 0 Å². The van der Waals surface area contributed by atoms with Crippen molar-refractivity contribution in [2.45, 2.75) is 45.1 Å². The molecule has 8 heteroatoms. The fourth-order valence-corrected chi connectivity index (χ4v) is 4.41. The van der Waals surface area contributed by atoms with Crippen LogP contribution in [0.1, 0.15) is 47.2 Å². The quantitative estimate of drug-likeness (QED) is 0.482. The third-order valence-corrected chi connectivity index (χ3v) is 6.21. The highest BCUT2D eigenvalue weighted by Crippen LogP contribution is 2.38. The van der Waals surface area contributed by atoms with Crippen LogP contribution in [0.25, 0.3) is 0 Å². The highest BCUT2D eigenvalue weighted by molar-refractivity contribution is 7.14. The van der Waals surface area contributed by atoms with Crippen LogP contribution in [-0.2, 0) is 14.3 Å². The number of ketones is 1. The molecular weight excluding hydrogens is 356 g/mol. The SMILES string of the molecule is Cc1ccc(C(=O)COC(=O)CN2C(=O)N[C@]3(CCCC[C@@H]3C)C2=O)s1. The normalized spacial score (nSPS) is 25.5. The Hall–Kier alpha value is -2.22. The van der Waals surface area contributed by atoms with E-state index in [9.17, 15) is 19.2 Å². The van der Waals surface area contributed by atoms with Gasteiger partial charge in [-0.05, 0) is 37.8 Å². The lowest BCUT2D eigenvalue weighted by Crippen LogP contribution is -2.54. The van der Waals surface area contributed by atoms with Crippen LogP contribution in [0.3, 0.4) is 0 Å². The molecular formula is C18H22N2O5S. The van der Waals surface area contributed by atoms with E-state index in [1.54, 1.807) is 6.07 Å². The number of amides is 3. The molecule has 3 amide bonds. The number of rotatable bonds is 5. The average Bonchev–Trinajstić information content (AvgIpc) is 3.13. The average molecular weight is 378 g/mol. The third kappa shape index (κ3) is 3.38. The van der Waals surface area contributed by atoms with Gasteiger partial charge in [-0.1, -0.05) is 19.8 Å². The molecule has 0 radical (unpaired) electrons. The van der Waals surface area contributed by atoms with Crippen LogP contribution >= 0.6 is 11.3 Å². The summed E-state index contributed by atoms with van der Waals surface area (Å²) in [6.07, 6.45) is 3.33. The first-order chi connectivity index (χ1) is 12.3. The van der Waals surface area contributed by atoms with E-state index in [0.717, 1.165) is 29.0 Å². The van der Waals surface area contributed by atoms with E-state index in [4.69, 9.17) is 4.74 Å². The van der Waals surface area contributed by atoms with E-state index in [0.29, 0.717) is 11.3 Å². The molecule has 140 valence electrons. The number of aryl methyl sites for hydroxylation is 1. The van der Waals surface area contributed by atoms with Crippen LogP contribution in [0, 0.1) is 12.8 Å². The van der Waals surface area contributed by atoms with Gasteiger partial charge in [-0.25, -0.2) is 4.79 Å². The summed E-state index contributed by atoms with van der Waals surface area (Å²) in [7, 11) is 0. The van der Waals surface area contributed by atoms with Gasteiger partial charge in [0, 0.05) is 4.88 Å². The number of carbonyl (C=O) groups excluding carboxylic acids is 4. The molecule has 1 aromatic rings. The Balaban J connectivity index is 1.58. The molecule has 0 unspecified atom stereocenters. The molecule has 1 spiro atoms. The number of esters is 1. The van der Waals surface area contributed by atoms with Crippen molar-refractivity contribution >= 4 is 35.0 Å². The van der Waals surface area contributed by atoms with Gasteiger partial charge in [-0.3, -0.25) is 19.3 Å². The van der Waals surface area contributed by atoms with E-state index >= 15 is 0 Å². The number of hydrogen-bond donors (Lipinski definition) is 1. The first-order valence-corrected chi connectivity index (χ1v) is 9.54. The molecule has 1 saturated carbocycles. The topological polar surface area (TPSA) is 92.8 Å². The second-order valence-electron chi connectivity index (χ2n) is 6.93. The van der Waals surface area contributed by atoms with Gasteiger partial charge in [0.15, 0.2) is 6.61 Å². The Morgan fingerprint density at radius 1 is 1.35 bits per heavy atom. The highest BCUT2D eigenvalue weighted by Gasteiger charge is 2.55. The molecule has 1 aliphatic heterocycles. The van der Waals surface area contributed by atoms with Gasteiger partial charge in [0.05, 0.1) is 4.88 Å². The minimum atomic E-state index is -0.903. The van der Waals surface area contributed by atoms with Gasteiger partial charge in [0.1, 0.15) is 12.1 Å². The standard InChI is InChI=1S/C18H22N2O5S/c1-11-5-3-4-8-18(11)16(23)20(17(24)19-18)9-15(22)25-10-13(21)14-7-6-12(2)26-14/h6-7,11H,3-5,8-10H2,1-2H3,(H,19,24)/t11-,18-/m0/s1. The van der Waals surface area contributed by atoms with Crippen molar-refractivity contribution in [1.29, 1.82) is 0 Å². The van der Waals surface area contributed by atoms with Crippen LogP contribution in [0.4, 0.5) is 4.79 Å². The Bertz CT molecular complexity index is 759. The summed E-state index contributed by atoms with van der Waals surface area (Å²) in [5, 5.41) is 2.78. The second kappa shape index (κ2) is 7.19. The van der Waals surface area contributed by atoms with Crippen molar-refractivity contribution in [3.8, 4) is 0 Å². The largest absolute Gasteiger partial charge is 0.456 e. The van der Waals surface area contributed by atoms with Crippen molar-refractivity contribution in [3.05, 3.63) is 21.9 Å². The van der Waals surface area contributed by atoms with Gasteiger partial charge in [0.25, 0.3) is 5.91 Å². The lowest BCUT2D eigenvalue weighted by molar-refractivity contribution is -0.147. The summed E-state index contributed by atoms with van der Waals surface area (Å²) in [6.45, 7) is 2.95. The maximum Gasteiger partial charge on any atom is 0.326 e. The maximum atomic E-state index is 12.8. The van der Waals surface area contributed by atoms with E-state index < -0.39 is 30.7 Å². The van der Waals surface area contributed by atoms with E-state index in [1.165, 1.54) is 11.3 Å². The summed E-state index contributed by atoms with van der Waals surface area (Å²) in [6, 6.07) is 2.93. The maximum absolute atomic E-state index is 12.8. The zero-order valence-corrected chi connectivity index (χ0v) is 15.7. The number of imide groups is 1. The molecule has 3 rings (SSSR count). The zero-order chi connectivity index (χ0) is 18.9. The number of hydrogen-bond acceptors (Lipinski definition) is 6. The molecule has 2 atom stereocenters. The molecule has 26 heavy (non-hydrogen) atoms. The first kappa shape index (κ1) is 18.6. The number of urea groups is 1. The number of nitrogens with one attached hydrogen (secondary N) is 1. The van der Waals surface area contributed by atoms with Crippen LogP contribution in [0.15, 0.2) is 12.1 Å². The van der Waals surface area contributed by atoms with Gasteiger partial charge in [-0.2, -0.15) is 0 Å². The summed E-state index contributed by atoms with van der Waals surface area (Å²) in [5.74, 6) is -1.41. The third-order valence-electron chi connectivity index (χ3n) is 5.17. The predicted octanol–water partition coefficient (Wildman–Crippen LogP) is 2.28. The van der Waals surface area contributed by atoms with Gasteiger partial charge < -0.3 is 10.1 Å². The Morgan fingerprint density at radius 3 is 2.77 bits per heavy atom. The first-order valence-electron chi connectivity index (χ1n) is 8.73. The Morgan fingerprint density at radius 2 is 2.12 bits per heavy atom. The fourth-order valence-electron chi connectivity index (χ4n) is 3.62. The number of Topliss-reactive ketones (excluding diaryl/α,β-unsaturated/α-hetero) is 1.